The Morgan fingerprint density at radius 1 is 1.26 bits per heavy atom. The Hall–Kier alpha value is -2.31. The number of carbonyl (C=O) groups is 1. The van der Waals surface area contributed by atoms with Gasteiger partial charge in [0.05, 0.1) is 22.9 Å². The predicted molar refractivity (Wildman–Crippen MR) is 95.3 cm³/mol. The van der Waals surface area contributed by atoms with Crippen LogP contribution in [0.5, 0.6) is 0 Å². The van der Waals surface area contributed by atoms with E-state index in [1.165, 1.54) is 17.4 Å². The number of hydrogen-bond acceptors (Lipinski definition) is 5. The third-order valence-corrected chi connectivity index (χ3v) is 4.81. The van der Waals surface area contributed by atoms with Gasteiger partial charge in [0.2, 0.25) is 5.91 Å². The van der Waals surface area contributed by atoms with Crippen LogP contribution in [0.4, 0.5) is 0 Å². The average Bonchev–Trinajstić information content (AvgIpc) is 3.25. The van der Waals surface area contributed by atoms with Gasteiger partial charge < -0.3 is 5.32 Å². The van der Waals surface area contributed by atoms with Crippen molar-refractivity contribution in [2.24, 2.45) is 0 Å². The topological polar surface area (TPSA) is 54.9 Å². The second kappa shape index (κ2) is 7.30. The molecule has 0 aliphatic heterocycles. The molecule has 0 aliphatic carbocycles. The molecule has 6 heteroatoms. The molecule has 0 saturated heterocycles. The summed E-state index contributed by atoms with van der Waals surface area (Å²) in [6.45, 7) is 1.93. The highest BCUT2D eigenvalue weighted by atomic mass is 32.1. The van der Waals surface area contributed by atoms with E-state index in [2.05, 4.69) is 15.3 Å². The molecular formula is C17H15N3OS2. The van der Waals surface area contributed by atoms with Gasteiger partial charge in [-0.2, -0.15) is 0 Å². The molecule has 0 fully saturated rings. The number of thiazole rings is 2. The summed E-state index contributed by atoms with van der Waals surface area (Å²) in [7, 11) is 0. The van der Waals surface area contributed by atoms with Crippen LogP contribution in [0.25, 0.3) is 17.3 Å². The van der Waals surface area contributed by atoms with Gasteiger partial charge in [0, 0.05) is 22.4 Å². The predicted octanol–water partition coefficient (Wildman–Crippen LogP) is 4.16. The van der Waals surface area contributed by atoms with Crippen molar-refractivity contribution in [1.82, 2.24) is 15.3 Å². The van der Waals surface area contributed by atoms with Crippen LogP contribution < -0.4 is 5.32 Å². The maximum atomic E-state index is 12.0. The van der Waals surface area contributed by atoms with E-state index >= 15 is 0 Å². The van der Waals surface area contributed by atoms with Crippen LogP contribution >= 0.6 is 22.7 Å². The Balaban J connectivity index is 1.63. The van der Waals surface area contributed by atoms with Crippen molar-refractivity contribution in [1.29, 1.82) is 0 Å². The molecule has 2 heterocycles. The third kappa shape index (κ3) is 4.12. The highest BCUT2D eigenvalue weighted by Crippen LogP contribution is 2.25. The number of aromatic nitrogens is 2. The molecule has 0 saturated carbocycles. The van der Waals surface area contributed by atoms with E-state index in [1.54, 1.807) is 22.9 Å². The molecule has 23 heavy (non-hydrogen) atoms. The number of benzene rings is 1. The molecule has 1 amide bonds. The lowest BCUT2D eigenvalue weighted by Crippen LogP contribution is -2.24. The molecule has 0 radical (unpaired) electrons. The Morgan fingerprint density at radius 3 is 2.83 bits per heavy atom. The van der Waals surface area contributed by atoms with Crippen LogP contribution in [0, 0.1) is 0 Å². The average molecular weight is 341 g/mol. The first-order chi connectivity index (χ1) is 11.2. The number of hydrogen-bond donors (Lipinski definition) is 1. The number of rotatable bonds is 5. The second-order valence-electron chi connectivity index (χ2n) is 4.91. The van der Waals surface area contributed by atoms with Crippen molar-refractivity contribution < 1.29 is 4.79 Å². The van der Waals surface area contributed by atoms with Crippen molar-refractivity contribution >= 4 is 34.7 Å². The summed E-state index contributed by atoms with van der Waals surface area (Å²) in [5.74, 6) is -0.151. The van der Waals surface area contributed by atoms with Gasteiger partial charge in [-0.05, 0) is 13.0 Å². The van der Waals surface area contributed by atoms with Gasteiger partial charge >= 0.3 is 0 Å². The number of nitrogens with one attached hydrogen (secondary N) is 1. The molecule has 1 unspecified atom stereocenters. The highest BCUT2D eigenvalue weighted by molar-refractivity contribution is 7.10. The van der Waals surface area contributed by atoms with Gasteiger partial charge in [-0.15, -0.1) is 22.7 Å². The molecule has 0 spiro atoms. The monoisotopic (exact) mass is 341 g/mol. The van der Waals surface area contributed by atoms with Gasteiger partial charge in [0.15, 0.2) is 0 Å². The molecule has 116 valence electrons. The Labute approximate surface area is 142 Å². The van der Waals surface area contributed by atoms with Gasteiger partial charge in [0.25, 0.3) is 0 Å². The SMILES string of the molecule is CC(NC(=O)C=Cc1cscn1)c1nc(-c2ccccc2)cs1. The number of amides is 1. The molecule has 0 bridgehead atoms. The lowest BCUT2D eigenvalue weighted by molar-refractivity contribution is -0.117. The van der Waals surface area contributed by atoms with Gasteiger partial charge in [0.1, 0.15) is 5.01 Å². The molecule has 1 aromatic carbocycles. The summed E-state index contributed by atoms with van der Waals surface area (Å²) < 4.78 is 0. The van der Waals surface area contributed by atoms with E-state index in [0.717, 1.165) is 22.0 Å². The zero-order valence-corrected chi connectivity index (χ0v) is 14.1. The fourth-order valence-electron chi connectivity index (χ4n) is 2.02. The summed E-state index contributed by atoms with van der Waals surface area (Å²) in [5, 5.41) is 7.71. The van der Waals surface area contributed by atoms with Crippen molar-refractivity contribution in [3.63, 3.8) is 0 Å². The van der Waals surface area contributed by atoms with Crippen molar-refractivity contribution in [2.75, 3.05) is 0 Å². The molecule has 1 N–H and O–H groups in total. The second-order valence-corrected chi connectivity index (χ2v) is 6.52. The highest BCUT2D eigenvalue weighted by Gasteiger charge is 2.12. The summed E-state index contributed by atoms with van der Waals surface area (Å²) in [5.41, 5.74) is 4.54. The van der Waals surface area contributed by atoms with E-state index in [0.29, 0.717) is 0 Å². The summed E-state index contributed by atoms with van der Waals surface area (Å²) in [6.07, 6.45) is 3.20. The zero-order valence-electron chi connectivity index (χ0n) is 12.5. The molecule has 4 nitrogen and oxygen atoms in total. The van der Waals surface area contributed by atoms with E-state index in [1.807, 2.05) is 48.0 Å². The minimum atomic E-state index is -0.151. The molecular weight excluding hydrogens is 326 g/mol. The minimum Gasteiger partial charge on any atom is -0.344 e. The normalized spacial score (nSPS) is 12.4. The van der Waals surface area contributed by atoms with Crippen LogP contribution in [-0.2, 0) is 4.79 Å². The van der Waals surface area contributed by atoms with E-state index < -0.39 is 0 Å². The van der Waals surface area contributed by atoms with E-state index in [-0.39, 0.29) is 11.9 Å². The third-order valence-electron chi connectivity index (χ3n) is 3.18. The van der Waals surface area contributed by atoms with E-state index in [4.69, 9.17) is 0 Å². The van der Waals surface area contributed by atoms with Crippen molar-refractivity contribution in [3.8, 4) is 11.3 Å². The molecule has 2 aromatic heterocycles. The van der Waals surface area contributed by atoms with Crippen LogP contribution in [-0.4, -0.2) is 15.9 Å². The van der Waals surface area contributed by atoms with Crippen LogP contribution in [0.2, 0.25) is 0 Å². The van der Waals surface area contributed by atoms with Gasteiger partial charge in [-0.1, -0.05) is 30.3 Å². The quantitative estimate of drug-likeness (QED) is 0.709. The Morgan fingerprint density at radius 2 is 2.09 bits per heavy atom. The molecule has 3 rings (SSSR count). The van der Waals surface area contributed by atoms with Crippen LogP contribution in [0.3, 0.4) is 0 Å². The fraction of sp³-hybridized carbons (Fsp3) is 0.118. The van der Waals surface area contributed by atoms with Crippen molar-refractivity contribution in [3.05, 3.63) is 63.4 Å². The smallest absolute Gasteiger partial charge is 0.244 e. The van der Waals surface area contributed by atoms with Gasteiger partial charge in [-0.3, -0.25) is 4.79 Å². The Bertz CT molecular complexity index is 794. The molecule has 0 aliphatic rings. The fourth-order valence-corrected chi connectivity index (χ4v) is 3.37. The standard InChI is InChI=1S/C17H15N3OS2/c1-12(19-16(21)8-7-14-9-22-11-18-14)17-20-15(10-23-17)13-5-3-2-4-6-13/h2-12H,1H3,(H,19,21). The lowest BCUT2D eigenvalue weighted by Gasteiger charge is -2.08. The maximum Gasteiger partial charge on any atom is 0.244 e. The van der Waals surface area contributed by atoms with Crippen molar-refractivity contribution in [2.45, 2.75) is 13.0 Å². The summed E-state index contributed by atoms with van der Waals surface area (Å²) in [4.78, 5) is 20.7. The first kappa shape index (κ1) is 15.6. The summed E-state index contributed by atoms with van der Waals surface area (Å²) >= 11 is 3.05. The van der Waals surface area contributed by atoms with Gasteiger partial charge in [-0.25, -0.2) is 9.97 Å². The Kier molecular flexibility index (Phi) is 4.95. The van der Waals surface area contributed by atoms with E-state index in [9.17, 15) is 4.79 Å². The number of carbonyl (C=O) groups excluding carboxylic acids is 1. The molecule has 1 atom stereocenters. The largest absolute Gasteiger partial charge is 0.344 e. The summed E-state index contributed by atoms with van der Waals surface area (Å²) in [6, 6.07) is 9.88. The van der Waals surface area contributed by atoms with Crippen LogP contribution in [0.15, 0.2) is 52.7 Å². The first-order valence-corrected chi connectivity index (χ1v) is 8.92. The maximum absolute atomic E-state index is 12.0. The van der Waals surface area contributed by atoms with Crippen LogP contribution in [0.1, 0.15) is 23.7 Å². The molecule has 3 aromatic rings. The number of nitrogens with zero attached hydrogens (tertiary/aromatic N) is 2. The minimum absolute atomic E-state index is 0.134. The lowest BCUT2D eigenvalue weighted by atomic mass is 10.2. The first-order valence-electron chi connectivity index (χ1n) is 7.10. The zero-order chi connectivity index (χ0) is 16.1.